The van der Waals surface area contributed by atoms with E-state index in [1.807, 2.05) is 36.4 Å². The van der Waals surface area contributed by atoms with E-state index in [1.165, 1.54) is 5.56 Å². The highest BCUT2D eigenvalue weighted by Crippen LogP contribution is 2.29. The lowest BCUT2D eigenvalue weighted by Gasteiger charge is -2.08. The molecule has 0 saturated carbocycles. The van der Waals surface area contributed by atoms with E-state index in [1.54, 1.807) is 18.9 Å². The Bertz CT molecular complexity index is 817. The molecule has 0 bridgehead atoms. The molecule has 124 valence electrons. The highest BCUT2D eigenvalue weighted by atomic mass is 79.9. The summed E-state index contributed by atoms with van der Waals surface area (Å²) in [6.07, 6.45) is 0. The van der Waals surface area contributed by atoms with E-state index in [0.717, 1.165) is 39.1 Å². The Balaban J connectivity index is 1.82. The van der Waals surface area contributed by atoms with E-state index in [0.29, 0.717) is 0 Å². The van der Waals surface area contributed by atoms with Crippen LogP contribution in [-0.2, 0) is 12.3 Å². The van der Waals surface area contributed by atoms with Gasteiger partial charge in [0.05, 0.1) is 7.11 Å². The molecule has 2 aromatic carbocycles. The number of hydrogen-bond acceptors (Lipinski definition) is 4. The Hall–Kier alpha value is -1.79. The van der Waals surface area contributed by atoms with Crippen LogP contribution < -0.4 is 4.74 Å². The number of ether oxygens (including phenoxy) is 1. The minimum Gasteiger partial charge on any atom is -0.497 e. The second kappa shape index (κ2) is 7.85. The topological polar surface area (TPSA) is 39.9 Å². The van der Waals surface area contributed by atoms with Crippen molar-refractivity contribution in [2.24, 2.45) is 0 Å². The molecule has 0 aliphatic carbocycles. The number of halogens is 1. The van der Waals surface area contributed by atoms with Crippen LogP contribution in [0.4, 0.5) is 0 Å². The van der Waals surface area contributed by atoms with Crippen LogP contribution in [0.25, 0.3) is 11.4 Å². The van der Waals surface area contributed by atoms with Gasteiger partial charge >= 0.3 is 0 Å². The molecule has 3 rings (SSSR count). The van der Waals surface area contributed by atoms with Crippen molar-refractivity contribution >= 4 is 27.7 Å². The summed E-state index contributed by atoms with van der Waals surface area (Å²) in [6.45, 7) is 2.94. The molecule has 0 aliphatic rings. The highest BCUT2D eigenvalue weighted by Gasteiger charge is 2.13. The van der Waals surface area contributed by atoms with Gasteiger partial charge in [-0.25, -0.2) is 0 Å². The molecule has 1 heterocycles. The van der Waals surface area contributed by atoms with Crippen molar-refractivity contribution in [2.45, 2.75) is 24.4 Å². The summed E-state index contributed by atoms with van der Waals surface area (Å²) in [4.78, 5) is 0. The number of nitrogens with zero attached hydrogens (tertiary/aromatic N) is 3. The summed E-state index contributed by atoms with van der Waals surface area (Å²) >= 11 is 5.29. The van der Waals surface area contributed by atoms with Crippen molar-refractivity contribution in [1.82, 2.24) is 14.8 Å². The third-order valence-corrected chi connectivity index (χ3v) is 5.49. The maximum atomic E-state index is 5.21. The van der Waals surface area contributed by atoms with Crippen molar-refractivity contribution in [3.8, 4) is 17.1 Å². The Morgan fingerprint density at radius 3 is 2.50 bits per heavy atom. The second-order valence-corrected chi connectivity index (χ2v) is 6.96. The molecule has 4 nitrogen and oxygen atoms in total. The average Bonchev–Trinajstić information content (AvgIpc) is 3.04. The van der Waals surface area contributed by atoms with E-state index >= 15 is 0 Å². The van der Waals surface area contributed by atoms with Gasteiger partial charge in [0.2, 0.25) is 0 Å². The van der Waals surface area contributed by atoms with Crippen LogP contribution in [0, 0.1) is 0 Å². The van der Waals surface area contributed by atoms with E-state index < -0.39 is 0 Å². The maximum Gasteiger partial charge on any atom is 0.191 e. The van der Waals surface area contributed by atoms with Crippen LogP contribution in [0.1, 0.15) is 12.5 Å². The molecule has 0 fully saturated rings. The molecular formula is C18H18BrN3OS. The van der Waals surface area contributed by atoms with Crippen molar-refractivity contribution < 1.29 is 4.74 Å². The van der Waals surface area contributed by atoms with Gasteiger partial charge in [-0.15, -0.1) is 10.2 Å². The third-order valence-electron chi connectivity index (χ3n) is 3.70. The minimum absolute atomic E-state index is 0.826. The fourth-order valence-corrected chi connectivity index (χ4v) is 4.01. The lowest BCUT2D eigenvalue weighted by molar-refractivity contribution is 0.415. The summed E-state index contributed by atoms with van der Waals surface area (Å²) in [5, 5.41) is 9.70. The third kappa shape index (κ3) is 3.65. The molecule has 6 heteroatoms. The lowest BCUT2D eigenvalue weighted by Crippen LogP contribution is -2.00. The summed E-state index contributed by atoms with van der Waals surface area (Å²) in [6, 6.07) is 16.2. The molecule has 0 unspecified atom stereocenters. The Labute approximate surface area is 154 Å². The molecule has 0 aliphatic heterocycles. The minimum atomic E-state index is 0.826. The Kier molecular flexibility index (Phi) is 5.58. The first-order valence-corrected chi connectivity index (χ1v) is 9.44. The van der Waals surface area contributed by atoms with Crippen molar-refractivity contribution in [1.29, 1.82) is 0 Å². The summed E-state index contributed by atoms with van der Waals surface area (Å²) in [5.41, 5.74) is 2.29. The summed E-state index contributed by atoms with van der Waals surface area (Å²) in [5.74, 6) is 2.57. The van der Waals surface area contributed by atoms with E-state index in [2.05, 4.69) is 49.8 Å². The molecular weight excluding hydrogens is 386 g/mol. The highest BCUT2D eigenvalue weighted by molar-refractivity contribution is 9.10. The zero-order valence-electron chi connectivity index (χ0n) is 13.6. The second-order valence-electron chi connectivity index (χ2n) is 5.16. The first-order chi connectivity index (χ1) is 11.7. The molecule has 1 aromatic heterocycles. The summed E-state index contributed by atoms with van der Waals surface area (Å²) < 4.78 is 8.48. The molecule has 24 heavy (non-hydrogen) atoms. The number of thioether (sulfide) groups is 1. The molecule has 0 N–H and O–H groups in total. The zero-order valence-corrected chi connectivity index (χ0v) is 16.0. The van der Waals surface area contributed by atoms with Crippen LogP contribution in [0.3, 0.4) is 0 Å². The van der Waals surface area contributed by atoms with Gasteiger partial charge < -0.3 is 9.30 Å². The number of hydrogen-bond donors (Lipinski definition) is 0. The van der Waals surface area contributed by atoms with E-state index in [9.17, 15) is 0 Å². The van der Waals surface area contributed by atoms with Crippen LogP contribution in [-0.4, -0.2) is 21.9 Å². The van der Waals surface area contributed by atoms with Crippen LogP contribution in [0.5, 0.6) is 5.75 Å². The fraction of sp³-hybridized carbons (Fsp3) is 0.222. The first-order valence-electron chi connectivity index (χ1n) is 7.66. The van der Waals surface area contributed by atoms with Crippen LogP contribution in [0.2, 0.25) is 0 Å². The molecule has 0 radical (unpaired) electrons. The molecule has 0 spiro atoms. The number of aromatic nitrogens is 3. The van der Waals surface area contributed by atoms with Crippen LogP contribution in [0.15, 0.2) is 58.2 Å². The van der Waals surface area contributed by atoms with Gasteiger partial charge in [0, 0.05) is 22.3 Å². The quantitative estimate of drug-likeness (QED) is 0.541. The van der Waals surface area contributed by atoms with E-state index in [4.69, 9.17) is 4.74 Å². The zero-order chi connectivity index (χ0) is 16.9. The Morgan fingerprint density at radius 1 is 1.08 bits per heavy atom. The lowest BCUT2D eigenvalue weighted by atomic mass is 10.2. The largest absolute Gasteiger partial charge is 0.497 e. The SMILES string of the molecule is CCn1c(SCc2ccccc2Br)nnc1-c1ccc(OC)cc1. The molecule has 3 aromatic rings. The smallest absolute Gasteiger partial charge is 0.191 e. The summed E-state index contributed by atoms with van der Waals surface area (Å²) in [7, 11) is 1.67. The van der Waals surface area contributed by atoms with Gasteiger partial charge in [-0.05, 0) is 42.8 Å². The van der Waals surface area contributed by atoms with Gasteiger partial charge in [-0.2, -0.15) is 0 Å². The predicted molar refractivity (Wildman–Crippen MR) is 101 cm³/mol. The fourth-order valence-electron chi connectivity index (χ4n) is 2.39. The molecule has 0 amide bonds. The van der Waals surface area contributed by atoms with Gasteiger partial charge in [-0.3, -0.25) is 0 Å². The van der Waals surface area contributed by atoms with Gasteiger partial charge in [-0.1, -0.05) is 45.9 Å². The van der Waals surface area contributed by atoms with Crippen LogP contribution >= 0.6 is 27.7 Å². The monoisotopic (exact) mass is 403 g/mol. The van der Waals surface area contributed by atoms with E-state index in [-0.39, 0.29) is 0 Å². The predicted octanol–water partition coefficient (Wildman–Crippen LogP) is 5.03. The molecule has 0 saturated heterocycles. The number of rotatable bonds is 6. The van der Waals surface area contributed by atoms with Gasteiger partial charge in [0.1, 0.15) is 5.75 Å². The number of methoxy groups -OCH3 is 1. The first kappa shape index (κ1) is 17.0. The van der Waals surface area contributed by atoms with Crippen molar-refractivity contribution in [3.63, 3.8) is 0 Å². The van der Waals surface area contributed by atoms with Gasteiger partial charge in [0.15, 0.2) is 11.0 Å². The molecule has 0 atom stereocenters. The normalized spacial score (nSPS) is 10.8. The standard InChI is InChI=1S/C18H18BrN3OS/c1-3-22-17(13-8-10-15(23-2)11-9-13)20-21-18(22)24-12-14-6-4-5-7-16(14)19/h4-11H,3,12H2,1-2H3. The van der Waals surface area contributed by atoms with Crippen molar-refractivity contribution in [3.05, 3.63) is 58.6 Å². The average molecular weight is 404 g/mol. The maximum absolute atomic E-state index is 5.21. The van der Waals surface area contributed by atoms with Gasteiger partial charge in [0.25, 0.3) is 0 Å². The Morgan fingerprint density at radius 2 is 1.83 bits per heavy atom. The number of benzene rings is 2. The van der Waals surface area contributed by atoms with Crippen molar-refractivity contribution in [2.75, 3.05) is 7.11 Å².